The molecule has 1 atom stereocenters. The predicted octanol–water partition coefficient (Wildman–Crippen LogP) is 0.306. The molecule has 80 valence electrons. The van der Waals surface area contributed by atoms with Crippen LogP contribution in [0.5, 0.6) is 0 Å². The summed E-state index contributed by atoms with van der Waals surface area (Å²) >= 11 is 5.37. The summed E-state index contributed by atoms with van der Waals surface area (Å²) in [5.74, 6) is 0.351. The smallest absolute Gasteiger partial charge is 0.211 e. The number of halogens is 1. The van der Waals surface area contributed by atoms with Crippen LogP contribution in [0.1, 0.15) is 19.8 Å². The highest BCUT2D eigenvalue weighted by Gasteiger charge is 2.14. The van der Waals surface area contributed by atoms with Gasteiger partial charge in [-0.2, -0.15) is 0 Å². The van der Waals surface area contributed by atoms with Crippen LogP contribution in [0.3, 0.4) is 0 Å². The predicted molar refractivity (Wildman–Crippen MR) is 53.4 cm³/mol. The maximum atomic E-state index is 11.2. The Kier molecular flexibility index (Phi) is 6.67. The topological polar surface area (TPSA) is 66.4 Å². The van der Waals surface area contributed by atoms with Gasteiger partial charge in [0.05, 0.1) is 12.4 Å². The molecule has 0 aliphatic rings. The molecule has 0 bridgehead atoms. The second-order valence-electron chi connectivity index (χ2n) is 2.77. The number of rotatable bonds is 7. The largest absolute Gasteiger partial charge is 0.395 e. The van der Waals surface area contributed by atoms with Gasteiger partial charge in [-0.3, -0.25) is 0 Å². The minimum atomic E-state index is -3.26. The molecule has 0 saturated heterocycles. The molecule has 0 amide bonds. The number of hydrogen-bond acceptors (Lipinski definition) is 3. The van der Waals surface area contributed by atoms with Crippen LogP contribution >= 0.6 is 11.6 Å². The molecule has 0 spiro atoms. The van der Waals surface area contributed by atoms with E-state index in [0.29, 0.717) is 18.7 Å². The molecular weight excluding hydrogens is 214 g/mol. The Morgan fingerprint density at radius 3 is 2.54 bits per heavy atom. The molecule has 0 heterocycles. The van der Waals surface area contributed by atoms with E-state index in [0.717, 1.165) is 0 Å². The average Bonchev–Trinajstić information content (AvgIpc) is 2.11. The summed E-state index contributed by atoms with van der Waals surface area (Å²) in [6, 6.07) is -0.375. The Morgan fingerprint density at radius 1 is 1.54 bits per heavy atom. The molecule has 0 aromatic rings. The van der Waals surface area contributed by atoms with Crippen LogP contribution in [-0.4, -0.2) is 37.8 Å². The van der Waals surface area contributed by atoms with E-state index in [2.05, 4.69) is 4.72 Å². The van der Waals surface area contributed by atoms with Crippen molar-refractivity contribution in [3.8, 4) is 0 Å². The van der Waals surface area contributed by atoms with Crippen LogP contribution < -0.4 is 4.72 Å². The average molecular weight is 230 g/mol. The number of sulfonamides is 1. The van der Waals surface area contributed by atoms with Crippen molar-refractivity contribution in [2.75, 3.05) is 18.2 Å². The van der Waals surface area contributed by atoms with Gasteiger partial charge in [0.25, 0.3) is 0 Å². The minimum Gasteiger partial charge on any atom is -0.395 e. The Hall–Kier alpha value is 0.160. The third-order valence-corrected chi connectivity index (χ3v) is 3.39. The SMILES string of the molecule is CC[C@H](CO)NS(=O)(=O)CCCCl. The molecule has 0 rings (SSSR count). The Labute approximate surface area is 84.3 Å². The normalized spacial score (nSPS) is 14.4. The minimum absolute atomic E-state index is 0.0208. The number of alkyl halides is 1. The van der Waals surface area contributed by atoms with Crippen molar-refractivity contribution < 1.29 is 13.5 Å². The lowest BCUT2D eigenvalue weighted by Crippen LogP contribution is -2.38. The summed E-state index contributed by atoms with van der Waals surface area (Å²) < 4.78 is 24.9. The second kappa shape index (κ2) is 6.59. The van der Waals surface area contributed by atoms with Crippen molar-refractivity contribution in [1.29, 1.82) is 0 Å². The van der Waals surface area contributed by atoms with Crippen LogP contribution in [-0.2, 0) is 10.0 Å². The molecule has 0 aromatic carbocycles. The summed E-state index contributed by atoms with van der Waals surface area (Å²) in [7, 11) is -3.26. The molecule has 0 aliphatic heterocycles. The van der Waals surface area contributed by atoms with Crippen molar-refractivity contribution in [2.24, 2.45) is 0 Å². The standard InChI is InChI=1S/C7H16ClNO3S/c1-2-7(6-10)9-13(11,12)5-3-4-8/h7,9-10H,2-6H2,1H3/t7-/m1/s1. The van der Waals surface area contributed by atoms with Crippen molar-refractivity contribution in [3.05, 3.63) is 0 Å². The maximum absolute atomic E-state index is 11.2. The molecule has 4 nitrogen and oxygen atoms in total. The zero-order valence-electron chi connectivity index (χ0n) is 7.66. The molecule has 6 heteroatoms. The maximum Gasteiger partial charge on any atom is 0.211 e. The molecule has 0 unspecified atom stereocenters. The zero-order chi connectivity index (χ0) is 10.3. The van der Waals surface area contributed by atoms with E-state index < -0.39 is 10.0 Å². The van der Waals surface area contributed by atoms with Crippen molar-refractivity contribution in [1.82, 2.24) is 4.72 Å². The lowest BCUT2D eigenvalue weighted by atomic mass is 10.3. The molecule has 13 heavy (non-hydrogen) atoms. The number of hydrogen-bond donors (Lipinski definition) is 2. The first-order valence-electron chi connectivity index (χ1n) is 4.22. The van der Waals surface area contributed by atoms with Crippen LogP contribution in [0.2, 0.25) is 0 Å². The molecule has 0 aromatic heterocycles. The first-order chi connectivity index (χ1) is 6.05. The van der Waals surface area contributed by atoms with E-state index in [4.69, 9.17) is 16.7 Å². The van der Waals surface area contributed by atoms with Gasteiger partial charge in [0.1, 0.15) is 0 Å². The quantitative estimate of drug-likeness (QED) is 0.618. The summed E-state index contributed by atoms with van der Waals surface area (Å²) in [6.45, 7) is 1.64. The molecule has 0 radical (unpaired) electrons. The zero-order valence-corrected chi connectivity index (χ0v) is 9.24. The molecule has 0 saturated carbocycles. The van der Waals surface area contributed by atoms with Gasteiger partial charge in [-0.05, 0) is 12.8 Å². The highest BCUT2D eigenvalue weighted by molar-refractivity contribution is 7.89. The fraction of sp³-hybridized carbons (Fsp3) is 1.00. The van der Waals surface area contributed by atoms with Gasteiger partial charge in [-0.15, -0.1) is 11.6 Å². The van der Waals surface area contributed by atoms with Gasteiger partial charge < -0.3 is 5.11 Å². The molecule has 0 aliphatic carbocycles. The van der Waals surface area contributed by atoms with Gasteiger partial charge in [0.2, 0.25) is 10.0 Å². The lowest BCUT2D eigenvalue weighted by Gasteiger charge is -2.13. The van der Waals surface area contributed by atoms with Crippen LogP contribution in [0.25, 0.3) is 0 Å². The molecule has 2 N–H and O–H groups in total. The van der Waals surface area contributed by atoms with Crippen molar-refractivity contribution in [3.63, 3.8) is 0 Å². The van der Waals surface area contributed by atoms with E-state index >= 15 is 0 Å². The van der Waals surface area contributed by atoms with E-state index in [-0.39, 0.29) is 18.4 Å². The van der Waals surface area contributed by atoms with Crippen LogP contribution in [0, 0.1) is 0 Å². The monoisotopic (exact) mass is 229 g/mol. The van der Waals surface area contributed by atoms with Crippen molar-refractivity contribution >= 4 is 21.6 Å². The molecular formula is C7H16ClNO3S. The van der Waals surface area contributed by atoms with Gasteiger partial charge in [-0.25, -0.2) is 13.1 Å². The first-order valence-corrected chi connectivity index (χ1v) is 6.41. The third-order valence-electron chi connectivity index (χ3n) is 1.61. The number of nitrogens with one attached hydrogen (secondary N) is 1. The van der Waals surface area contributed by atoms with Gasteiger partial charge >= 0.3 is 0 Å². The van der Waals surface area contributed by atoms with Crippen LogP contribution in [0.15, 0.2) is 0 Å². The van der Waals surface area contributed by atoms with Gasteiger partial charge in [0, 0.05) is 11.9 Å². The van der Waals surface area contributed by atoms with Gasteiger partial charge in [0.15, 0.2) is 0 Å². The fourth-order valence-electron chi connectivity index (χ4n) is 0.807. The first kappa shape index (κ1) is 13.2. The lowest BCUT2D eigenvalue weighted by molar-refractivity contribution is 0.254. The Morgan fingerprint density at radius 2 is 2.15 bits per heavy atom. The highest BCUT2D eigenvalue weighted by atomic mass is 35.5. The summed E-state index contributed by atoms with van der Waals surface area (Å²) in [5, 5.41) is 8.76. The highest BCUT2D eigenvalue weighted by Crippen LogP contribution is 1.97. The van der Waals surface area contributed by atoms with E-state index in [1.165, 1.54) is 0 Å². The Balaban J connectivity index is 4.00. The Bertz CT molecular complexity index is 214. The summed E-state index contributed by atoms with van der Waals surface area (Å²) in [6.07, 6.45) is 1.01. The van der Waals surface area contributed by atoms with E-state index in [9.17, 15) is 8.42 Å². The van der Waals surface area contributed by atoms with E-state index in [1.807, 2.05) is 6.92 Å². The number of aliphatic hydroxyl groups excluding tert-OH is 1. The molecule has 0 fully saturated rings. The van der Waals surface area contributed by atoms with Crippen LogP contribution in [0.4, 0.5) is 0 Å². The van der Waals surface area contributed by atoms with Crippen molar-refractivity contribution in [2.45, 2.75) is 25.8 Å². The third kappa shape index (κ3) is 6.26. The summed E-state index contributed by atoms with van der Waals surface area (Å²) in [4.78, 5) is 0. The summed E-state index contributed by atoms with van der Waals surface area (Å²) in [5.41, 5.74) is 0. The second-order valence-corrected chi connectivity index (χ2v) is 5.02. The van der Waals surface area contributed by atoms with E-state index in [1.54, 1.807) is 0 Å². The fourth-order valence-corrected chi connectivity index (χ4v) is 2.49. The van der Waals surface area contributed by atoms with Gasteiger partial charge in [-0.1, -0.05) is 6.92 Å². The number of aliphatic hydroxyl groups is 1.